The molecule has 1 saturated carbocycles. The largest absolute Gasteiger partial charge is 0.458 e. The van der Waals surface area contributed by atoms with Crippen molar-refractivity contribution in [3.63, 3.8) is 0 Å². The van der Waals surface area contributed by atoms with Gasteiger partial charge in [0.2, 0.25) is 6.79 Å². The van der Waals surface area contributed by atoms with E-state index in [1.54, 1.807) is 10.6 Å². The number of nitrogens with zero attached hydrogens (tertiary/aromatic N) is 2. The lowest BCUT2D eigenvalue weighted by Gasteiger charge is -2.21. The van der Waals surface area contributed by atoms with Gasteiger partial charge in [0.15, 0.2) is 17.6 Å². The molecule has 1 N–H and O–H groups in total. The Hall–Kier alpha value is -3.39. The quantitative estimate of drug-likeness (QED) is 0.305. The van der Waals surface area contributed by atoms with Crippen LogP contribution in [0.15, 0.2) is 23.0 Å². The molecule has 36 heavy (non-hydrogen) atoms. The van der Waals surface area contributed by atoms with E-state index in [1.165, 1.54) is 31.2 Å². The highest BCUT2D eigenvalue weighted by molar-refractivity contribution is 5.91. The number of esters is 1. The van der Waals surface area contributed by atoms with E-state index >= 15 is 0 Å². The Bertz CT molecular complexity index is 1430. The average molecular weight is 491 g/mol. The van der Waals surface area contributed by atoms with Crippen LogP contribution >= 0.6 is 0 Å². The molecule has 3 aliphatic heterocycles. The van der Waals surface area contributed by atoms with Crippen molar-refractivity contribution in [2.24, 2.45) is 0 Å². The van der Waals surface area contributed by atoms with E-state index in [9.17, 15) is 14.7 Å². The molecule has 2 aromatic heterocycles. The maximum absolute atomic E-state index is 13.4. The molecule has 5 heterocycles. The van der Waals surface area contributed by atoms with Crippen LogP contribution in [0.25, 0.3) is 22.3 Å². The number of cyclic esters (lactones) is 1. The Kier molecular flexibility index (Phi) is 5.71. The summed E-state index contributed by atoms with van der Waals surface area (Å²) in [5.74, 6) is 1.04. The molecule has 8 heteroatoms. The van der Waals surface area contributed by atoms with Crippen LogP contribution in [-0.2, 0) is 22.7 Å². The lowest BCUT2D eigenvalue weighted by Crippen LogP contribution is -2.32. The molecule has 8 nitrogen and oxygen atoms in total. The van der Waals surface area contributed by atoms with Gasteiger partial charge >= 0.3 is 5.97 Å². The number of hydrogen-bond donors (Lipinski definition) is 1. The number of rotatable bonds is 1. The van der Waals surface area contributed by atoms with E-state index in [2.05, 4.69) is 0 Å². The first-order chi connectivity index (χ1) is 17.6. The Morgan fingerprint density at radius 3 is 2.42 bits per heavy atom. The smallest absolute Gasteiger partial charge is 0.340 e. The summed E-state index contributed by atoms with van der Waals surface area (Å²) in [6.45, 7) is 4.50. The molecular weight excluding hydrogens is 460 g/mol. The van der Waals surface area contributed by atoms with Crippen LogP contribution in [-0.4, -0.2) is 27.4 Å². The Morgan fingerprint density at radius 1 is 0.944 bits per heavy atom. The van der Waals surface area contributed by atoms with Crippen molar-refractivity contribution in [2.75, 3.05) is 6.79 Å². The van der Waals surface area contributed by atoms with Gasteiger partial charge in [-0.15, -0.1) is 0 Å². The number of benzene rings is 1. The lowest BCUT2D eigenvalue weighted by atomic mass is 9.85. The van der Waals surface area contributed by atoms with Crippen LogP contribution in [0.5, 0.6) is 11.5 Å². The number of hydrogen-bond acceptors (Lipinski definition) is 7. The number of fused-ring (bicyclic) bond motifs is 6. The topological polar surface area (TPSA) is 99.9 Å². The second kappa shape index (κ2) is 8.92. The summed E-state index contributed by atoms with van der Waals surface area (Å²) in [5.41, 5.74) is 4.92. The third-order valence-corrected chi connectivity index (χ3v) is 7.76. The van der Waals surface area contributed by atoms with Gasteiger partial charge in [0.25, 0.3) is 5.56 Å². The van der Waals surface area contributed by atoms with Crippen molar-refractivity contribution >= 4 is 16.9 Å². The summed E-state index contributed by atoms with van der Waals surface area (Å²) < 4.78 is 18.0. The minimum atomic E-state index is -1.46. The third-order valence-electron chi connectivity index (χ3n) is 7.76. The molecule has 4 aliphatic rings. The Morgan fingerprint density at radius 2 is 1.67 bits per heavy atom. The van der Waals surface area contributed by atoms with E-state index < -0.39 is 12.1 Å². The second-order valence-corrected chi connectivity index (χ2v) is 9.63. The highest BCUT2D eigenvalue weighted by Gasteiger charge is 2.36. The Labute approximate surface area is 208 Å². The van der Waals surface area contributed by atoms with Crippen LogP contribution in [0.1, 0.15) is 86.6 Å². The standard InChI is InChI=1S/C26H24N2O6.C2H6/c29-24-14-7-19-23-16(10-28(19)25(30)17(14)11-32-26(24)31)22(13-5-3-1-2-4-6-13)15-8-20-21(34-12-33-20)9-18(15)27-23;1-2/h7-9,13,24,29H,1-6,10-12H2;1-2H3. The number of carbonyl (C=O) groups is 1. The molecule has 188 valence electrons. The maximum Gasteiger partial charge on any atom is 0.340 e. The van der Waals surface area contributed by atoms with Gasteiger partial charge < -0.3 is 23.9 Å². The molecule has 0 bridgehead atoms. The van der Waals surface area contributed by atoms with E-state index in [1.807, 2.05) is 26.0 Å². The molecule has 0 saturated heterocycles. The molecular formula is C28H30N2O6. The number of aliphatic hydroxyl groups is 1. The fraction of sp³-hybridized carbons (Fsp3) is 0.464. The highest BCUT2D eigenvalue weighted by atomic mass is 16.7. The Balaban J connectivity index is 0.00000117. The molecule has 3 aromatic rings. The van der Waals surface area contributed by atoms with E-state index in [-0.39, 0.29) is 19.0 Å². The zero-order chi connectivity index (χ0) is 25.0. The number of carbonyl (C=O) groups excluding carboxylic acids is 1. The van der Waals surface area contributed by atoms with Crippen molar-refractivity contribution in [3.8, 4) is 22.9 Å². The van der Waals surface area contributed by atoms with Gasteiger partial charge in [-0.3, -0.25) is 4.79 Å². The van der Waals surface area contributed by atoms with Crippen LogP contribution in [0.3, 0.4) is 0 Å². The zero-order valence-corrected chi connectivity index (χ0v) is 20.6. The summed E-state index contributed by atoms with van der Waals surface area (Å²) in [6.07, 6.45) is 5.59. The van der Waals surface area contributed by atoms with Gasteiger partial charge in [-0.25, -0.2) is 9.78 Å². The fourth-order valence-corrected chi connectivity index (χ4v) is 6.08. The van der Waals surface area contributed by atoms with Crippen LogP contribution in [0.2, 0.25) is 0 Å². The summed E-state index contributed by atoms with van der Waals surface area (Å²) in [4.78, 5) is 30.4. The van der Waals surface area contributed by atoms with Crippen molar-refractivity contribution in [3.05, 3.63) is 50.8 Å². The van der Waals surface area contributed by atoms with Gasteiger partial charge in [-0.1, -0.05) is 39.5 Å². The van der Waals surface area contributed by atoms with Gasteiger partial charge in [0.1, 0.15) is 6.61 Å². The normalized spacial score (nSPS) is 20.1. The lowest BCUT2D eigenvalue weighted by molar-refractivity contribution is -0.157. The monoisotopic (exact) mass is 490 g/mol. The van der Waals surface area contributed by atoms with Crippen molar-refractivity contribution < 1.29 is 24.1 Å². The van der Waals surface area contributed by atoms with E-state index in [4.69, 9.17) is 19.2 Å². The van der Waals surface area contributed by atoms with Gasteiger partial charge in [0.05, 0.1) is 29.0 Å². The second-order valence-electron chi connectivity index (χ2n) is 9.63. The van der Waals surface area contributed by atoms with Crippen molar-refractivity contribution in [1.82, 2.24) is 9.55 Å². The molecule has 0 amide bonds. The minimum Gasteiger partial charge on any atom is -0.458 e. The summed E-state index contributed by atoms with van der Waals surface area (Å²) in [6, 6.07) is 5.71. The molecule has 0 radical (unpaired) electrons. The molecule has 1 aromatic carbocycles. The van der Waals surface area contributed by atoms with Gasteiger partial charge in [0, 0.05) is 22.6 Å². The first kappa shape index (κ1) is 23.0. The summed E-state index contributed by atoms with van der Waals surface area (Å²) >= 11 is 0. The van der Waals surface area contributed by atoms with Crippen LogP contribution in [0.4, 0.5) is 0 Å². The fourth-order valence-electron chi connectivity index (χ4n) is 6.08. The molecule has 7 rings (SSSR count). The third kappa shape index (κ3) is 3.42. The first-order valence-corrected chi connectivity index (χ1v) is 13.0. The average Bonchev–Trinajstić information content (AvgIpc) is 3.40. The first-order valence-electron chi connectivity index (χ1n) is 13.0. The number of ether oxygens (including phenoxy) is 3. The SMILES string of the molecule is CC.O=C1OCc2c(cc3n(c2=O)Cc2c-3nc3cc4c(cc3c2C2CCCCCC2)OCO4)C1O. The minimum absolute atomic E-state index is 0.118. The number of pyridine rings is 2. The van der Waals surface area contributed by atoms with E-state index in [0.717, 1.165) is 40.8 Å². The predicted molar refractivity (Wildman–Crippen MR) is 133 cm³/mol. The zero-order valence-electron chi connectivity index (χ0n) is 20.6. The molecule has 1 atom stereocenters. The number of aromatic nitrogens is 2. The molecule has 1 aliphatic carbocycles. The highest BCUT2D eigenvalue weighted by Crippen LogP contribution is 2.46. The van der Waals surface area contributed by atoms with E-state index in [0.29, 0.717) is 35.0 Å². The van der Waals surface area contributed by atoms with Crippen molar-refractivity contribution in [1.29, 1.82) is 0 Å². The predicted octanol–water partition coefficient (Wildman–Crippen LogP) is 4.71. The van der Waals surface area contributed by atoms with Crippen molar-refractivity contribution in [2.45, 2.75) is 77.5 Å². The molecule has 0 spiro atoms. The van der Waals surface area contributed by atoms with Crippen LogP contribution in [0, 0.1) is 0 Å². The molecule has 1 fully saturated rings. The summed E-state index contributed by atoms with van der Waals surface area (Å²) in [7, 11) is 0. The van der Waals surface area contributed by atoms with Gasteiger partial charge in [-0.2, -0.15) is 0 Å². The van der Waals surface area contributed by atoms with Gasteiger partial charge in [-0.05, 0) is 36.5 Å². The number of aliphatic hydroxyl groups excluding tert-OH is 1. The van der Waals surface area contributed by atoms with Crippen LogP contribution < -0.4 is 15.0 Å². The summed E-state index contributed by atoms with van der Waals surface area (Å²) in [5, 5.41) is 11.5. The maximum atomic E-state index is 13.4. The molecule has 1 unspecified atom stereocenters.